The number of halogens is 3. The van der Waals surface area contributed by atoms with Crippen molar-refractivity contribution in [3.05, 3.63) is 34.9 Å². The zero-order valence-electron chi connectivity index (χ0n) is 12.8. The van der Waals surface area contributed by atoms with E-state index in [0.717, 1.165) is 12.1 Å². The van der Waals surface area contributed by atoms with Crippen LogP contribution in [0.25, 0.3) is 0 Å². The first-order valence-corrected chi connectivity index (χ1v) is 7.04. The Morgan fingerprint density at radius 1 is 1.10 bits per heavy atom. The Labute approximate surface area is 119 Å². The summed E-state index contributed by atoms with van der Waals surface area (Å²) in [7, 11) is 0. The lowest BCUT2D eigenvalue weighted by atomic mass is 9.85. The molecule has 1 aromatic rings. The lowest BCUT2D eigenvalue weighted by Gasteiger charge is -2.24. The highest BCUT2D eigenvalue weighted by Gasteiger charge is 2.31. The van der Waals surface area contributed by atoms with Gasteiger partial charge in [-0.15, -0.1) is 0 Å². The molecule has 1 N–H and O–H groups in total. The van der Waals surface area contributed by atoms with E-state index in [1.807, 2.05) is 0 Å². The van der Waals surface area contributed by atoms with Gasteiger partial charge in [-0.2, -0.15) is 13.2 Å². The van der Waals surface area contributed by atoms with Crippen molar-refractivity contribution in [2.24, 2.45) is 5.92 Å². The molecule has 0 aliphatic rings. The molecule has 0 saturated carbocycles. The minimum Gasteiger partial charge on any atom is -0.314 e. The van der Waals surface area contributed by atoms with Gasteiger partial charge >= 0.3 is 6.18 Å². The third-order valence-electron chi connectivity index (χ3n) is 3.79. The van der Waals surface area contributed by atoms with Gasteiger partial charge in [-0.05, 0) is 48.6 Å². The molecule has 2 unspecified atom stereocenters. The fourth-order valence-electron chi connectivity index (χ4n) is 2.27. The highest BCUT2D eigenvalue weighted by molar-refractivity contribution is 5.35. The van der Waals surface area contributed by atoms with Gasteiger partial charge in [-0.1, -0.05) is 33.8 Å². The van der Waals surface area contributed by atoms with Crippen molar-refractivity contribution >= 4 is 0 Å². The number of nitrogens with one attached hydrogen (secondary N) is 1. The summed E-state index contributed by atoms with van der Waals surface area (Å²) in [5, 5.41) is 3.37. The second kappa shape index (κ2) is 6.61. The standard InChI is InChI=1S/C16H24F3N/c1-10(2)20-9-12(4)13(5)15-7-6-14(8-11(15)3)16(17,18)19/h6-8,10,12-13,20H,9H2,1-5H3. The van der Waals surface area contributed by atoms with Gasteiger partial charge in [0.25, 0.3) is 0 Å². The monoisotopic (exact) mass is 287 g/mol. The van der Waals surface area contributed by atoms with Crippen LogP contribution in [0.3, 0.4) is 0 Å². The van der Waals surface area contributed by atoms with E-state index in [1.54, 1.807) is 13.0 Å². The molecule has 0 heterocycles. The second-order valence-electron chi connectivity index (χ2n) is 5.90. The van der Waals surface area contributed by atoms with E-state index in [1.165, 1.54) is 12.1 Å². The van der Waals surface area contributed by atoms with Crippen molar-refractivity contribution < 1.29 is 13.2 Å². The highest BCUT2D eigenvalue weighted by Crippen LogP contribution is 2.33. The molecule has 2 atom stereocenters. The molecule has 4 heteroatoms. The van der Waals surface area contributed by atoms with Crippen LogP contribution in [0.4, 0.5) is 13.2 Å². The van der Waals surface area contributed by atoms with E-state index in [9.17, 15) is 13.2 Å². The average molecular weight is 287 g/mol. The van der Waals surface area contributed by atoms with E-state index >= 15 is 0 Å². The molecular formula is C16H24F3N. The molecule has 0 aliphatic carbocycles. The third kappa shape index (κ3) is 4.51. The van der Waals surface area contributed by atoms with E-state index < -0.39 is 11.7 Å². The summed E-state index contributed by atoms with van der Waals surface area (Å²) in [5.41, 5.74) is 1.14. The molecule has 1 nitrogen and oxygen atoms in total. The van der Waals surface area contributed by atoms with Gasteiger partial charge in [-0.25, -0.2) is 0 Å². The fraction of sp³-hybridized carbons (Fsp3) is 0.625. The first-order valence-electron chi connectivity index (χ1n) is 7.04. The highest BCUT2D eigenvalue weighted by atomic mass is 19.4. The minimum absolute atomic E-state index is 0.225. The zero-order valence-corrected chi connectivity index (χ0v) is 12.8. The molecular weight excluding hydrogens is 263 g/mol. The summed E-state index contributed by atoms with van der Waals surface area (Å²) >= 11 is 0. The predicted molar refractivity (Wildman–Crippen MR) is 76.9 cm³/mol. The van der Waals surface area contributed by atoms with E-state index in [4.69, 9.17) is 0 Å². The Hall–Kier alpha value is -1.03. The van der Waals surface area contributed by atoms with E-state index in [2.05, 4.69) is 33.0 Å². The Kier molecular flexibility index (Phi) is 5.63. The molecule has 114 valence electrons. The van der Waals surface area contributed by atoms with Gasteiger partial charge in [0.2, 0.25) is 0 Å². The molecule has 0 spiro atoms. The number of alkyl halides is 3. The summed E-state index contributed by atoms with van der Waals surface area (Å²) in [6.45, 7) is 11.0. The van der Waals surface area contributed by atoms with Gasteiger partial charge < -0.3 is 5.32 Å². The molecule has 0 saturated heterocycles. The summed E-state index contributed by atoms with van der Waals surface area (Å²) in [6.07, 6.45) is -4.27. The van der Waals surface area contributed by atoms with Crippen molar-refractivity contribution in [2.45, 2.75) is 52.8 Å². The van der Waals surface area contributed by atoms with Crippen LogP contribution in [-0.2, 0) is 6.18 Å². The van der Waals surface area contributed by atoms with Crippen molar-refractivity contribution in [1.29, 1.82) is 0 Å². The van der Waals surface area contributed by atoms with Crippen molar-refractivity contribution in [1.82, 2.24) is 5.32 Å². The number of rotatable bonds is 5. The lowest BCUT2D eigenvalue weighted by Crippen LogP contribution is -2.30. The molecule has 1 aromatic carbocycles. The quantitative estimate of drug-likeness (QED) is 0.824. The second-order valence-corrected chi connectivity index (χ2v) is 5.90. The summed E-state index contributed by atoms with van der Waals surface area (Å²) < 4.78 is 38.0. The molecule has 0 aliphatic heterocycles. The number of aryl methyl sites for hydroxylation is 1. The van der Waals surface area contributed by atoms with Crippen LogP contribution in [0.5, 0.6) is 0 Å². The van der Waals surface area contributed by atoms with Gasteiger partial charge in [-0.3, -0.25) is 0 Å². The maximum Gasteiger partial charge on any atom is 0.416 e. The summed E-state index contributed by atoms with van der Waals surface area (Å²) in [4.78, 5) is 0. The molecule has 0 bridgehead atoms. The average Bonchev–Trinajstić information content (AvgIpc) is 2.33. The minimum atomic E-state index is -4.27. The van der Waals surface area contributed by atoms with Gasteiger partial charge in [0.15, 0.2) is 0 Å². The smallest absolute Gasteiger partial charge is 0.314 e. The Morgan fingerprint density at radius 3 is 2.15 bits per heavy atom. The molecule has 0 radical (unpaired) electrons. The molecule has 1 rings (SSSR count). The summed E-state index contributed by atoms with van der Waals surface area (Å²) in [5.74, 6) is 0.594. The normalized spacial score (nSPS) is 15.4. The Bertz CT molecular complexity index is 438. The molecule has 0 aromatic heterocycles. The fourth-order valence-corrected chi connectivity index (χ4v) is 2.27. The predicted octanol–water partition coefficient (Wildman–Crippen LogP) is 4.75. The van der Waals surface area contributed by atoms with Gasteiger partial charge in [0.05, 0.1) is 5.56 Å². The number of benzene rings is 1. The van der Waals surface area contributed by atoms with Crippen LogP contribution < -0.4 is 5.32 Å². The van der Waals surface area contributed by atoms with Gasteiger partial charge in [0, 0.05) is 6.04 Å². The van der Waals surface area contributed by atoms with Crippen molar-refractivity contribution in [3.63, 3.8) is 0 Å². The lowest BCUT2D eigenvalue weighted by molar-refractivity contribution is -0.137. The summed E-state index contributed by atoms with van der Waals surface area (Å²) in [6, 6.07) is 4.46. The van der Waals surface area contributed by atoms with Crippen LogP contribution >= 0.6 is 0 Å². The zero-order chi connectivity index (χ0) is 15.5. The van der Waals surface area contributed by atoms with Crippen LogP contribution in [0, 0.1) is 12.8 Å². The molecule has 0 fully saturated rings. The topological polar surface area (TPSA) is 12.0 Å². The van der Waals surface area contributed by atoms with Crippen LogP contribution in [-0.4, -0.2) is 12.6 Å². The van der Waals surface area contributed by atoms with Crippen LogP contribution in [0.15, 0.2) is 18.2 Å². The number of hydrogen-bond acceptors (Lipinski definition) is 1. The Balaban J connectivity index is 2.86. The molecule has 20 heavy (non-hydrogen) atoms. The SMILES string of the molecule is Cc1cc(C(F)(F)F)ccc1C(C)C(C)CNC(C)C. The molecule has 0 amide bonds. The van der Waals surface area contributed by atoms with Gasteiger partial charge in [0.1, 0.15) is 0 Å². The largest absolute Gasteiger partial charge is 0.416 e. The van der Waals surface area contributed by atoms with Crippen molar-refractivity contribution in [2.75, 3.05) is 6.54 Å². The van der Waals surface area contributed by atoms with Crippen LogP contribution in [0.2, 0.25) is 0 Å². The Morgan fingerprint density at radius 2 is 1.70 bits per heavy atom. The van der Waals surface area contributed by atoms with E-state index in [-0.39, 0.29) is 5.92 Å². The maximum atomic E-state index is 12.7. The number of hydrogen-bond donors (Lipinski definition) is 1. The van der Waals surface area contributed by atoms with Crippen LogP contribution in [0.1, 0.15) is 50.3 Å². The third-order valence-corrected chi connectivity index (χ3v) is 3.79. The van der Waals surface area contributed by atoms with E-state index in [0.29, 0.717) is 17.5 Å². The first kappa shape index (κ1) is 17.0. The first-order chi connectivity index (χ1) is 9.12. The van der Waals surface area contributed by atoms with Crippen molar-refractivity contribution in [3.8, 4) is 0 Å². The maximum absolute atomic E-state index is 12.7.